The molecule has 0 unspecified atom stereocenters. The molecule has 2 aromatic heterocycles. The molecule has 1 aliphatic carbocycles. The van der Waals surface area contributed by atoms with Crippen LogP contribution in [0.25, 0.3) is 0 Å². The lowest BCUT2D eigenvalue weighted by atomic mass is 10.2. The quantitative estimate of drug-likeness (QED) is 0.822. The van der Waals surface area contributed by atoms with E-state index >= 15 is 0 Å². The summed E-state index contributed by atoms with van der Waals surface area (Å²) < 4.78 is 0. The average molecular weight is 213 g/mol. The van der Waals surface area contributed by atoms with Crippen molar-refractivity contribution in [3.8, 4) is 0 Å². The first kappa shape index (κ1) is 9.46. The smallest absolute Gasteiger partial charge is 0.0532 e. The Labute approximate surface area is 94.9 Å². The highest BCUT2D eigenvalue weighted by Crippen LogP contribution is 2.22. The van der Waals surface area contributed by atoms with Crippen molar-refractivity contribution in [2.45, 2.75) is 25.8 Å². The van der Waals surface area contributed by atoms with Crippen LogP contribution in [0, 0.1) is 0 Å². The largest absolute Gasteiger partial charge is 0.380 e. The molecule has 2 N–H and O–H groups in total. The average Bonchev–Trinajstić information content (AvgIpc) is 2.97. The molecule has 0 spiro atoms. The fourth-order valence-corrected chi connectivity index (χ4v) is 2.20. The Balaban J connectivity index is 1.71. The minimum Gasteiger partial charge on any atom is -0.380 e. The number of H-pyrrole nitrogens is 1. The molecule has 3 rings (SSSR count). The summed E-state index contributed by atoms with van der Waals surface area (Å²) in [7, 11) is 0. The topological polar surface area (TPSA) is 40.7 Å². The van der Waals surface area contributed by atoms with E-state index in [1.54, 1.807) is 0 Å². The maximum Gasteiger partial charge on any atom is 0.0532 e. The van der Waals surface area contributed by atoms with Crippen LogP contribution >= 0.6 is 0 Å². The van der Waals surface area contributed by atoms with E-state index in [1.165, 1.54) is 29.7 Å². The number of nitrogens with zero attached hydrogens (tertiary/aromatic N) is 1. The van der Waals surface area contributed by atoms with E-state index in [-0.39, 0.29) is 0 Å². The van der Waals surface area contributed by atoms with Gasteiger partial charge < -0.3 is 10.3 Å². The van der Waals surface area contributed by atoms with Gasteiger partial charge in [-0.15, -0.1) is 0 Å². The molecule has 82 valence electrons. The van der Waals surface area contributed by atoms with Gasteiger partial charge in [0.2, 0.25) is 0 Å². The lowest BCUT2D eigenvalue weighted by Crippen LogP contribution is -2.00. The maximum absolute atomic E-state index is 4.49. The molecule has 3 heteroatoms. The van der Waals surface area contributed by atoms with Gasteiger partial charge in [0, 0.05) is 24.6 Å². The SMILES string of the molecule is c1cc(CNc2cnc3c(c2)CCC3)c[nH]1. The Hall–Kier alpha value is -1.77. The van der Waals surface area contributed by atoms with Gasteiger partial charge in [0.15, 0.2) is 0 Å². The van der Waals surface area contributed by atoms with E-state index < -0.39 is 0 Å². The second-order valence-electron chi connectivity index (χ2n) is 4.26. The molecule has 0 fully saturated rings. The first-order chi connectivity index (χ1) is 7.92. The van der Waals surface area contributed by atoms with Gasteiger partial charge in [-0.3, -0.25) is 4.98 Å². The van der Waals surface area contributed by atoms with Crippen LogP contribution in [-0.4, -0.2) is 9.97 Å². The number of fused-ring (bicyclic) bond motifs is 1. The maximum atomic E-state index is 4.49. The highest BCUT2D eigenvalue weighted by Gasteiger charge is 2.11. The van der Waals surface area contributed by atoms with Gasteiger partial charge in [-0.1, -0.05) is 0 Å². The number of hydrogen-bond acceptors (Lipinski definition) is 2. The molecule has 2 heterocycles. The molecule has 3 nitrogen and oxygen atoms in total. The summed E-state index contributed by atoms with van der Waals surface area (Å²) in [4.78, 5) is 7.54. The summed E-state index contributed by atoms with van der Waals surface area (Å²) in [5, 5.41) is 3.39. The number of aryl methyl sites for hydroxylation is 2. The number of aromatic amines is 1. The molecule has 1 aliphatic rings. The first-order valence-corrected chi connectivity index (χ1v) is 5.75. The Bertz CT molecular complexity index is 474. The predicted molar refractivity (Wildman–Crippen MR) is 64.4 cm³/mol. The van der Waals surface area contributed by atoms with Gasteiger partial charge in [-0.2, -0.15) is 0 Å². The zero-order valence-corrected chi connectivity index (χ0v) is 9.16. The van der Waals surface area contributed by atoms with Crippen LogP contribution in [0.5, 0.6) is 0 Å². The van der Waals surface area contributed by atoms with Gasteiger partial charge in [-0.25, -0.2) is 0 Å². The van der Waals surface area contributed by atoms with E-state index in [4.69, 9.17) is 0 Å². The third-order valence-corrected chi connectivity index (χ3v) is 3.08. The molecular weight excluding hydrogens is 198 g/mol. The summed E-state index contributed by atoms with van der Waals surface area (Å²) in [6.45, 7) is 0.851. The van der Waals surface area contributed by atoms with Crippen molar-refractivity contribution in [2.24, 2.45) is 0 Å². The van der Waals surface area contributed by atoms with E-state index in [0.717, 1.165) is 18.7 Å². The number of hydrogen-bond donors (Lipinski definition) is 2. The van der Waals surface area contributed by atoms with Crippen molar-refractivity contribution in [3.63, 3.8) is 0 Å². The van der Waals surface area contributed by atoms with Gasteiger partial charge >= 0.3 is 0 Å². The van der Waals surface area contributed by atoms with Crippen molar-refractivity contribution < 1.29 is 0 Å². The van der Waals surface area contributed by atoms with Crippen molar-refractivity contribution in [1.29, 1.82) is 0 Å². The molecule has 0 saturated heterocycles. The van der Waals surface area contributed by atoms with Crippen LogP contribution in [0.4, 0.5) is 5.69 Å². The van der Waals surface area contributed by atoms with E-state index in [0.29, 0.717) is 0 Å². The molecule has 0 bridgehead atoms. The zero-order chi connectivity index (χ0) is 10.8. The van der Waals surface area contributed by atoms with Crippen molar-refractivity contribution in [2.75, 3.05) is 5.32 Å². The van der Waals surface area contributed by atoms with E-state index in [1.807, 2.05) is 18.6 Å². The van der Waals surface area contributed by atoms with Crippen LogP contribution in [-0.2, 0) is 19.4 Å². The first-order valence-electron chi connectivity index (χ1n) is 5.75. The lowest BCUT2D eigenvalue weighted by molar-refractivity contribution is 0.899. The van der Waals surface area contributed by atoms with Gasteiger partial charge in [-0.05, 0) is 42.5 Å². The van der Waals surface area contributed by atoms with Crippen LogP contribution in [0.2, 0.25) is 0 Å². The van der Waals surface area contributed by atoms with Crippen LogP contribution in [0.1, 0.15) is 23.2 Å². The van der Waals surface area contributed by atoms with Crippen molar-refractivity contribution in [3.05, 3.63) is 47.5 Å². The minimum absolute atomic E-state index is 0.851. The minimum atomic E-state index is 0.851. The predicted octanol–water partition coefficient (Wildman–Crippen LogP) is 2.51. The molecule has 0 atom stereocenters. The molecule has 0 aliphatic heterocycles. The van der Waals surface area contributed by atoms with Crippen LogP contribution in [0.15, 0.2) is 30.7 Å². The van der Waals surface area contributed by atoms with Crippen LogP contribution in [0.3, 0.4) is 0 Å². The molecule has 2 aromatic rings. The second kappa shape index (κ2) is 4.00. The number of anilines is 1. The number of rotatable bonds is 3. The third kappa shape index (κ3) is 1.81. The fourth-order valence-electron chi connectivity index (χ4n) is 2.20. The summed E-state index contributed by atoms with van der Waals surface area (Å²) in [5.74, 6) is 0. The molecule has 0 saturated carbocycles. The summed E-state index contributed by atoms with van der Waals surface area (Å²) >= 11 is 0. The molecule has 0 amide bonds. The fraction of sp³-hybridized carbons (Fsp3) is 0.308. The Morgan fingerprint density at radius 2 is 2.38 bits per heavy atom. The highest BCUT2D eigenvalue weighted by molar-refractivity contribution is 5.46. The molecule has 16 heavy (non-hydrogen) atoms. The number of pyridine rings is 1. The van der Waals surface area contributed by atoms with Crippen molar-refractivity contribution in [1.82, 2.24) is 9.97 Å². The standard InChI is InChI=1S/C13H15N3/c1-2-11-6-12(9-16-13(11)3-1)15-8-10-4-5-14-7-10/h4-7,9,14-15H,1-3,8H2. The second-order valence-corrected chi connectivity index (χ2v) is 4.26. The Kier molecular flexibility index (Phi) is 2.37. The number of aromatic nitrogens is 2. The van der Waals surface area contributed by atoms with Crippen LogP contribution < -0.4 is 5.32 Å². The lowest BCUT2D eigenvalue weighted by Gasteiger charge is -2.06. The molecule has 0 radical (unpaired) electrons. The zero-order valence-electron chi connectivity index (χ0n) is 9.16. The monoisotopic (exact) mass is 213 g/mol. The molecular formula is C13H15N3. The third-order valence-electron chi connectivity index (χ3n) is 3.08. The Morgan fingerprint density at radius 1 is 1.38 bits per heavy atom. The summed E-state index contributed by atoms with van der Waals surface area (Å²) in [6.07, 6.45) is 9.47. The Morgan fingerprint density at radius 3 is 3.25 bits per heavy atom. The van der Waals surface area contributed by atoms with Gasteiger partial charge in [0.05, 0.1) is 11.9 Å². The summed E-state index contributed by atoms with van der Waals surface area (Å²) in [5.41, 5.74) is 5.09. The van der Waals surface area contributed by atoms with E-state index in [9.17, 15) is 0 Å². The van der Waals surface area contributed by atoms with Gasteiger partial charge in [0.1, 0.15) is 0 Å². The summed E-state index contributed by atoms with van der Waals surface area (Å²) in [6, 6.07) is 4.32. The van der Waals surface area contributed by atoms with Crippen molar-refractivity contribution >= 4 is 5.69 Å². The van der Waals surface area contributed by atoms with E-state index in [2.05, 4.69) is 27.4 Å². The molecule has 0 aromatic carbocycles. The number of nitrogens with one attached hydrogen (secondary N) is 2. The normalized spacial score (nSPS) is 13.8. The van der Waals surface area contributed by atoms with Gasteiger partial charge in [0.25, 0.3) is 0 Å². The highest BCUT2D eigenvalue weighted by atomic mass is 14.9.